The van der Waals surface area contributed by atoms with Crippen LogP contribution in [0.15, 0.2) is 57.7 Å². The van der Waals surface area contributed by atoms with Crippen molar-refractivity contribution in [2.24, 2.45) is 0 Å². The summed E-state index contributed by atoms with van der Waals surface area (Å²) in [4.78, 5) is 11.9. The van der Waals surface area contributed by atoms with Gasteiger partial charge in [-0.25, -0.2) is 4.79 Å². The molecule has 0 amide bonds. The molecule has 3 rings (SSSR count). The second-order valence-corrected chi connectivity index (χ2v) is 6.10. The summed E-state index contributed by atoms with van der Waals surface area (Å²) in [7, 11) is 0. The lowest BCUT2D eigenvalue weighted by atomic mass is 10.0. The van der Waals surface area contributed by atoms with E-state index in [1.165, 1.54) is 5.56 Å². The molecule has 0 aliphatic heterocycles. The minimum atomic E-state index is -0.293. The van der Waals surface area contributed by atoms with Crippen molar-refractivity contribution in [2.45, 2.75) is 24.7 Å². The van der Waals surface area contributed by atoms with Crippen molar-refractivity contribution < 1.29 is 4.42 Å². The van der Waals surface area contributed by atoms with Gasteiger partial charge in [-0.1, -0.05) is 52.3 Å². The number of nitrogens with zero attached hydrogens (tertiary/aromatic N) is 1. The maximum atomic E-state index is 11.7. The Morgan fingerprint density at radius 3 is 2.67 bits per heavy atom. The fourth-order valence-electron chi connectivity index (χ4n) is 2.52. The van der Waals surface area contributed by atoms with Crippen molar-refractivity contribution in [3.05, 3.63) is 70.2 Å². The first-order chi connectivity index (χ1) is 10.2. The molecule has 0 spiro atoms. The molecule has 4 heteroatoms. The summed E-state index contributed by atoms with van der Waals surface area (Å²) in [6, 6.07) is 16.3. The van der Waals surface area contributed by atoms with Crippen LogP contribution in [0.5, 0.6) is 0 Å². The minimum absolute atomic E-state index is 0.194. The molecule has 0 bridgehead atoms. The Labute approximate surface area is 131 Å². The van der Waals surface area contributed by atoms with Gasteiger partial charge < -0.3 is 4.42 Å². The number of hydrogen-bond acceptors (Lipinski definition) is 2. The second kappa shape index (κ2) is 5.90. The van der Waals surface area contributed by atoms with Gasteiger partial charge in [-0.05, 0) is 36.6 Å². The van der Waals surface area contributed by atoms with Gasteiger partial charge >= 0.3 is 5.76 Å². The fraction of sp³-hybridized carbons (Fsp3) is 0.235. The third kappa shape index (κ3) is 2.81. The van der Waals surface area contributed by atoms with Crippen LogP contribution in [0.3, 0.4) is 0 Å². The van der Waals surface area contributed by atoms with Crippen LogP contribution in [-0.2, 0) is 13.0 Å². The van der Waals surface area contributed by atoms with Gasteiger partial charge in [0, 0.05) is 11.4 Å². The number of alkyl halides is 1. The van der Waals surface area contributed by atoms with Gasteiger partial charge in [-0.3, -0.25) is 4.57 Å². The highest BCUT2D eigenvalue weighted by Crippen LogP contribution is 2.29. The Bertz CT molecular complexity index is 805. The summed E-state index contributed by atoms with van der Waals surface area (Å²) in [5.74, 6) is -0.293. The zero-order valence-corrected chi connectivity index (χ0v) is 13.3. The highest BCUT2D eigenvalue weighted by atomic mass is 79.9. The number of rotatable bonds is 4. The summed E-state index contributed by atoms with van der Waals surface area (Å²) in [5.41, 5.74) is 3.89. The van der Waals surface area contributed by atoms with E-state index in [4.69, 9.17) is 4.42 Å². The van der Waals surface area contributed by atoms with Crippen molar-refractivity contribution in [1.82, 2.24) is 4.57 Å². The van der Waals surface area contributed by atoms with E-state index in [2.05, 4.69) is 28.1 Å². The Morgan fingerprint density at radius 1 is 1.19 bits per heavy atom. The molecule has 2 aromatic carbocycles. The first kappa shape index (κ1) is 14.1. The van der Waals surface area contributed by atoms with Crippen LogP contribution >= 0.6 is 15.9 Å². The van der Waals surface area contributed by atoms with Crippen LogP contribution in [0, 0.1) is 0 Å². The van der Waals surface area contributed by atoms with Crippen molar-refractivity contribution in [3.63, 3.8) is 0 Å². The maximum absolute atomic E-state index is 11.7. The first-order valence-electron chi connectivity index (χ1n) is 7.00. The molecule has 0 N–H and O–H groups in total. The molecule has 0 radical (unpaired) electrons. The van der Waals surface area contributed by atoms with Gasteiger partial charge in [-0.2, -0.15) is 0 Å². The number of oxazole rings is 1. The Hall–Kier alpha value is -1.81. The molecule has 1 atom stereocenters. The Kier molecular flexibility index (Phi) is 3.97. The van der Waals surface area contributed by atoms with Gasteiger partial charge in [0.15, 0.2) is 5.58 Å². The predicted octanol–water partition coefficient (Wildman–Crippen LogP) is 4.29. The van der Waals surface area contributed by atoms with E-state index in [0.717, 1.165) is 17.5 Å². The van der Waals surface area contributed by atoms with Gasteiger partial charge in [-0.15, -0.1) is 0 Å². The highest BCUT2D eigenvalue weighted by molar-refractivity contribution is 9.09. The minimum Gasteiger partial charge on any atom is -0.408 e. The van der Waals surface area contributed by atoms with Crippen LogP contribution in [-0.4, -0.2) is 4.57 Å². The summed E-state index contributed by atoms with van der Waals surface area (Å²) in [6.45, 7) is 2.56. The normalized spacial score (nSPS) is 12.7. The molecule has 21 heavy (non-hydrogen) atoms. The molecule has 0 aliphatic rings. The van der Waals surface area contributed by atoms with Crippen molar-refractivity contribution >= 4 is 27.0 Å². The summed E-state index contributed by atoms with van der Waals surface area (Å²) < 4.78 is 6.96. The number of halogens is 1. The lowest BCUT2D eigenvalue weighted by molar-refractivity contribution is 0.513. The standard InChI is InChI=1S/C17H16BrNO2/c1-2-19-15-9-8-13(11-16(15)21-17(19)20)14(18)10-12-6-4-3-5-7-12/h3-9,11,14H,2,10H2,1H3. The van der Waals surface area contributed by atoms with E-state index >= 15 is 0 Å². The molecule has 1 heterocycles. The molecular formula is C17H16BrNO2. The van der Waals surface area contributed by atoms with Gasteiger partial charge in [0.2, 0.25) is 0 Å². The van der Waals surface area contributed by atoms with Gasteiger partial charge in [0.1, 0.15) is 0 Å². The Balaban J connectivity index is 1.92. The molecule has 0 saturated heterocycles. The lowest BCUT2D eigenvalue weighted by Gasteiger charge is -2.10. The van der Waals surface area contributed by atoms with Crippen LogP contribution in [0.4, 0.5) is 0 Å². The summed E-state index contributed by atoms with van der Waals surface area (Å²) in [6.07, 6.45) is 0.894. The number of aryl methyl sites for hydroxylation is 1. The zero-order valence-electron chi connectivity index (χ0n) is 11.8. The topological polar surface area (TPSA) is 35.1 Å². The third-order valence-corrected chi connectivity index (χ3v) is 4.48. The largest absolute Gasteiger partial charge is 0.419 e. The molecule has 3 nitrogen and oxygen atoms in total. The zero-order chi connectivity index (χ0) is 14.8. The van der Waals surface area contributed by atoms with Crippen molar-refractivity contribution in [1.29, 1.82) is 0 Å². The average molecular weight is 346 g/mol. The van der Waals surface area contributed by atoms with Crippen molar-refractivity contribution in [2.75, 3.05) is 0 Å². The van der Waals surface area contributed by atoms with Crippen LogP contribution < -0.4 is 5.76 Å². The lowest BCUT2D eigenvalue weighted by Crippen LogP contribution is -2.11. The number of aromatic nitrogens is 1. The van der Waals surface area contributed by atoms with E-state index in [0.29, 0.717) is 12.1 Å². The number of benzene rings is 2. The maximum Gasteiger partial charge on any atom is 0.419 e. The quantitative estimate of drug-likeness (QED) is 0.661. The molecule has 0 aliphatic carbocycles. The number of hydrogen-bond donors (Lipinski definition) is 0. The van der Waals surface area contributed by atoms with Crippen LogP contribution in [0.2, 0.25) is 0 Å². The SMILES string of the molecule is CCn1c(=O)oc2cc(C(Br)Cc3ccccc3)ccc21. The van der Waals surface area contributed by atoms with Gasteiger partial charge in [0.05, 0.1) is 5.52 Å². The number of fused-ring (bicyclic) bond motifs is 1. The van der Waals surface area contributed by atoms with E-state index in [-0.39, 0.29) is 10.6 Å². The predicted molar refractivity (Wildman–Crippen MR) is 88.0 cm³/mol. The summed E-state index contributed by atoms with van der Waals surface area (Å²) >= 11 is 3.72. The van der Waals surface area contributed by atoms with Crippen LogP contribution in [0.25, 0.3) is 11.1 Å². The van der Waals surface area contributed by atoms with E-state index < -0.39 is 0 Å². The van der Waals surface area contributed by atoms with Crippen molar-refractivity contribution in [3.8, 4) is 0 Å². The molecule has 0 saturated carbocycles. The summed E-state index contributed by atoms with van der Waals surface area (Å²) in [5, 5.41) is 0. The van der Waals surface area contributed by atoms with E-state index in [9.17, 15) is 4.79 Å². The van der Waals surface area contributed by atoms with E-state index in [1.54, 1.807) is 4.57 Å². The van der Waals surface area contributed by atoms with Gasteiger partial charge in [0.25, 0.3) is 0 Å². The molecule has 1 aromatic heterocycles. The second-order valence-electron chi connectivity index (χ2n) is 5.00. The fourth-order valence-corrected chi connectivity index (χ4v) is 3.17. The van der Waals surface area contributed by atoms with Crippen LogP contribution in [0.1, 0.15) is 22.9 Å². The molecular weight excluding hydrogens is 330 g/mol. The average Bonchev–Trinajstić information content (AvgIpc) is 2.82. The smallest absolute Gasteiger partial charge is 0.408 e. The third-order valence-electron chi connectivity index (χ3n) is 3.63. The first-order valence-corrected chi connectivity index (χ1v) is 7.92. The van der Waals surface area contributed by atoms with E-state index in [1.807, 2.05) is 43.3 Å². The highest BCUT2D eigenvalue weighted by Gasteiger charge is 2.13. The molecule has 3 aromatic rings. The molecule has 1 unspecified atom stereocenters. The molecule has 0 fully saturated rings. The monoisotopic (exact) mass is 345 g/mol. The molecule has 108 valence electrons. The Morgan fingerprint density at radius 2 is 1.95 bits per heavy atom.